The summed E-state index contributed by atoms with van der Waals surface area (Å²) in [7, 11) is 0. The van der Waals surface area contributed by atoms with Crippen LogP contribution in [0.4, 0.5) is 0 Å². The van der Waals surface area contributed by atoms with Gasteiger partial charge in [-0.15, -0.1) is 0 Å². The van der Waals surface area contributed by atoms with Crippen LogP contribution in [0.15, 0.2) is 34.7 Å². The van der Waals surface area contributed by atoms with E-state index in [2.05, 4.69) is 4.98 Å². The third-order valence-electron chi connectivity index (χ3n) is 2.36. The summed E-state index contributed by atoms with van der Waals surface area (Å²) >= 11 is 0. The Balaban J connectivity index is 2.00. The van der Waals surface area contributed by atoms with E-state index in [4.69, 9.17) is 14.3 Å². The molecule has 2 rings (SSSR count). The van der Waals surface area contributed by atoms with E-state index in [0.29, 0.717) is 23.1 Å². The maximum Gasteiger partial charge on any atom is 0.309 e. The third kappa shape index (κ3) is 3.10. The number of nitrogens with zero attached hydrogens (tertiary/aromatic N) is 1. The summed E-state index contributed by atoms with van der Waals surface area (Å²) in [4.78, 5) is 14.7. The van der Waals surface area contributed by atoms with Gasteiger partial charge < -0.3 is 14.3 Å². The van der Waals surface area contributed by atoms with Crippen molar-refractivity contribution in [2.24, 2.45) is 0 Å². The fourth-order valence-corrected chi connectivity index (χ4v) is 1.52. The van der Waals surface area contributed by atoms with Crippen molar-refractivity contribution in [1.29, 1.82) is 0 Å². The van der Waals surface area contributed by atoms with E-state index >= 15 is 0 Å². The molecular formula is C13H13NO4. The van der Waals surface area contributed by atoms with Gasteiger partial charge >= 0.3 is 5.97 Å². The van der Waals surface area contributed by atoms with E-state index in [0.717, 1.165) is 0 Å². The Morgan fingerprint density at radius 2 is 2.11 bits per heavy atom. The van der Waals surface area contributed by atoms with E-state index in [-0.39, 0.29) is 13.0 Å². The number of carboxylic acids is 1. The minimum absolute atomic E-state index is 0.138. The largest absolute Gasteiger partial charge is 0.484 e. The number of benzene rings is 1. The smallest absolute Gasteiger partial charge is 0.309 e. The molecule has 0 aliphatic carbocycles. The highest BCUT2D eigenvalue weighted by Crippen LogP contribution is 2.14. The van der Waals surface area contributed by atoms with Crippen LogP contribution in [0, 0.1) is 6.92 Å². The highest BCUT2D eigenvalue weighted by Gasteiger charge is 2.12. The van der Waals surface area contributed by atoms with E-state index in [9.17, 15) is 4.79 Å². The van der Waals surface area contributed by atoms with Crippen LogP contribution in [0.25, 0.3) is 0 Å². The van der Waals surface area contributed by atoms with Crippen LogP contribution in [0.3, 0.4) is 0 Å². The van der Waals surface area contributed by atoms with E-state index in [1.807, 2.05) is 30.3 Å². The Kier molecular flexibility index (Phi) is 3.62. The maximum atomic E-state index is 10.6. The van der Waals surface area contributed by atoms with Gasteiger partial charge in [-0.05, 0) is 19.1 Å². The number of oxazole rings is 1. The molecule has 18 heavy (non-hydrogen) atoms. The fourth-order valence-electron chi connectivity index (χ4n) is 1.52. The molecule has 1 aromatic heterocycles. The molecule has 0 bridgehead atoms. The molecule has 94 valence electrons. The van der Waals surface area contributed by atoms with Crippen LogP contribution in [-0.4, -0.2) is 16.1 Å². The first kappa shape index (κ1) is 12.2. The summed E-state index contributed by atoms with van der Waals surface area (Å²) in [6.07, 6.45) is -0.138. The number of rotatable bonds is 5. The fraction of sp³-hybridized carbons (Fsp3) is 0.231. The van der Waals surface area contributed by atoms with Crippen molar-refractivity contribution >= 4 is 5.97 Å². The van der Waals surface area contributed by atoms with Gasteiger partial charge in [0.15, 0.2) is 6.61 Å². The van der Waals surface area contributed by atoms with Gasteiger partial charge in [-0.25, -0.2) is 4.98 Å². The van der Waals surface area contributed by atoms with E-state index < -0.39 is 5.97 Å². The molecule has 0 amide bonds. The molecule has 0 fully saturated rings. The molecule has 0 aliphatic rings. The molecule has 0 radical (unpaired) electrons. The lowest BCUT2D eigenvalue weighted by molar-refractivity contribution is -0.136. The number of para-hydroxylation sites is 1. The molecule has 0 aliphatic heterocycles. The summed E-state index contributed by atoms with van der Waals surface area (Å²) in [6, 6.07) is 9.28. The normalized spacial score (nSPS) is 10.3. The van der Waals surface area contributed by atoms with Gasteiger partial charge in [0.1, 0.15) is 11.5 Å². The topological polar surface area (TPSA) is 72.6 Å². The lowest BCUT2D eigenvalue weighted by Crippen LogP contribution is -2.02. The summed E-state index contributed by atoms with van der Waals surface area (Å²) in [6.45, 7) is 1.88. The van der Waals surface area contributed by atoms with Crippen molar-refractivity contribution in [3.63, 3.8) is 0 Å². The Labute approximate surface area is 104 Å². The van der Waals surface area contributed by atoms with Gasteiger partial charge in [-0.3, -0.25) is 4.79 Å². The summed E-state index contributed by atoms with van der Waals surface area (Å²) in [5.74, 6) is 0.687. The van der Waals surface area contributed by atoms with Gasteiger partial charge in [0.25, 0.3) is 0 Å². The van der Waals surface area contributed by atoms with E-state index in [1.165, 1.54) is 0 Å². The van der Waals surface area contributed by atoms with Crippen molar-refractivity contribution in [1.82, 2.24) is 4.98 Å². The second-order valence-corrected chi connectivity index (χ2v) is 3.78. The standard InChI is InChI=1S/C13H13NO4/c1-9-11(7-13(15)16)14-12(18-9)8-17-10-5-3-2-4-6-10/h2-6H,7-8H2,1H3,(H,15,16). The predicted octanol–water partition coefficient (Wildman–Crippen LogP) is 2.19. The lowest BCUT2D eigenvalue weighted by atomic mass is 10.3. The second-order valence-electron chi connectivity index (χ2n) is 3.78. The molecule has 0 spiro atoms. The third-order valence-corrected chi connectivity index (χ3v) is 2.36. The molecule has 1 heterocycles. The SMILES string of the molecule is Cc1oc(COc2ccccc2)nc1CC(=O)O. The molecule has 5 heteroatoms. The Morgan fingerprint density at radius 3 is 2.78 bits per heavy atom. The maximum absolute atomic E-state index is 10.6. The molecule has 0 saturated carbocycles. The van der Waals surface area contributed by atoms with Gasteiger partial charge in [0, 0.05) is 0 Å². The van der Waals surface area contributed by atoms with Crippen LogP contribution in [0.2, 0.25) is 0 Å². The van der Waals surface area contributed by atoms with Gasteiger partial charge in [0.05, 0.1) is 12.1 Å². The summed E-state index contributed by atoms with van der Waals surface area (Å²) in [5, 5.41) is 8.70. The number of aryl methyl sites for hydroxylation is 1. The molecule has 5 nitrogen and oxygen atoms in total. The van der Waals surface area contributed by atoms with Crippen LogP contribution >= 0.6 is 0 Å². The number of hydrogen-bond donors (Lipinski definition) is 1. The average Bonchev–Trinajstić information content (AvgIpc) is 2.68. The van der Waals surface area contributed by atoms with Crippen molar-refractivity contribution in [3.8, 4) is 5.75 Å². The van der Waals surface area contributed by atoms with Crippen LogP contribution in [0.1, 0.15) is 17.3 Å². The van der Waals surface area contributed by atoms with Crippen molar-refractivity contribution in [2.75, 3.05) is 0 Å². The number of carboxylic acid groups (broad SMARTS) is 1. The van der Waals surface area contributed by atoms with Gasteiger partial charge in [-0.1, -0.05) is 18.2 Å². The number of aliphatic carboxylic acids is 1. The van der Waals surface area contributed by atoms with Crippen molar-refractivity contribution < 1.29 is 19.1 Å². The number of hydrogen-bond acceptors (Lipinski definition) is 4. The highest BCUT2D eigenvalue weighted by atomic mass is 16.5. The molecule has 2 aromatic rings. The van der Waals surface area contributed by atoms with Crippen LogP contribution < -0.4 is 4.74 Å². The second kappa shape index (κ2) is 5.35. The predicted molar refractivity (Wildman–Crippen MR) is 63.4 cm³/mol. The number of carbonyl (C=O) groups is 1. The lowest BCUT2D eigenvalue weighted by Gasteiger charge is -2.01. The first-order chi connectivity index (χ1) is 8.65. The first-order valence-electron chi connectivity index (χ1n) is 5.50. The van der Waals surface area contributed by atoms with Crippen molar-refractivity contribution in [3.05, 3.63) is 47.7 Å². The number of ether oxygens (including phenoxy) is 1. The first-order valence-corrected chi connectivity index (χ1v) is 5.50. The zero-order valence-corrected chi connectivity index (χ0v) is 9.92. The van der Waals surface area contributed by atoms with Crippen LogP contribution in [0.5, 0.6) is 5.75 Å². The molecule has 1 aromatic carbocycles. The Bertz CT molecular complexity index is 533. The molecule has 0 unspecified atom stereocenters. The van der Waals surface area contributed by atoms with Gasteiger partial charge in [0.2, 0.25) is 5.89 Å². The Morgan fingerprint density at radius 1 is 1.39 bits per heavy atom. The quantitative estimate of drug-likeness (QED) is 0.876. The van der Waals surface area contributed by atoms with Crippen molar-refractivity contribution in [2.45, 2.75) is 20.0 Å². The van der Waals surface area contributed by atoms with Gasteiger partial charge in [-0.2, -0.15) is 0 Å². The van der Waals surface area contributed by atoms with E-state index in [1.54, 1.807) is 6.92 Å². The Hall–Kier alpha value is -2.30. The number of aromatic nitrogens is 1. The zero-order chi connectivity index (χ0) is 13.0. The average molecular weight is 247 g/mol. The minimum atomic E-state index is -0.929. The molecule has 0 saturated heterocycles. The molecule has 0 atom stereocenters. The molecule has 1 N–H and O–H groups in total. The summed E-state index contributed by atoms with van der Waals surface area (Å²) in [5.41, 5.74) is 0.439. The minimum Gasteiger partial charge on any atom is -0.484 e. The highest BCUT2D eigenvalue weighted by molar-refractivity contribution is 5.69. The zero-order valence-electron chi connectivity index (χ0n) is 9.92. The monoisotopic (exact) mass is 247 g/mol. The molecular weight excluding hydrogens is 234 g/mol. The van der Waals surface area contributed by atoms with Crippen LogP contribution in [-0.2, 0) is 17.8 Å². The summed E-state index contributed by atoms with van der Waals surface area (Å²) < 4.78 is 10.8.